The Morgan fingerprint density at radius 3 is 2.54 bits per heavy atom. The summed E-state index contributed by atoms with van der Waals surface area (Å²) in [4.78, 5) is 33.8. The smallest absolute Gasteiger partial charge is 0.329 e. The van der Waals surface area contributed by atoms with Gasteiger partial charge in [-0.3, -0.25) is 9.59 Å². The first-order chi connectivity index (χ1) is 12.2. The summed E-state index contributed by atoms with van der Waals surface area (Å²) in [5.41, 5.74) is 4.19. The highest BCUT2D eigenvalue weighted by atomic mass is 32.2. The van der Waals surface area contributed by atoms with Crippen molar-refractivity contribution in [3.63, 3.8) is 0 Å². The summed E-state index contributed by atoms with van der Waals surface area (Å²) in [5, 5.41) is 16.9. The molecule has 0 radical (unpaired) electrons. The van der Waals surface area contributed by atoms with Crippen molar-refractivity contribution >= 4 is 35.3 Å². The van der Waals surface area contributed by atoms with E-state index in [-0.39, 0.29) is 11.8 Å². The zero-order chi connectivity index (χ0) is 19.7. The zero-order valence-corrected chi connectivity index (χ0v) is 15.9. The molecule has 1 aromatic rings. The van der Waals surface area contributed by atoms with Gasteiger partial charge in [0.15, 0.2) is 0 Å². The summed E-state index contributed by atoms with van der Waals surface area (Å²) >= 11 is 1.19. The Kier molecular flexibility index (Phi) is 8.63. The molecule has 8 nitrogen and oxygen atoms in total. The van der Waals surface area contributed by atoms with E-state index < -0.39 is 17.8 Å². The van der Waals surface area contributed by atoms with Gasteiger partial charge >= 0.3 is 11.8 Å². The molecule has 2 N–H and O–H groups in total. The average Bonchev–Trinajstić information content (AvgIpc) is 2.58. The number of carbonyl (C=O) groups is 3. The molecule has 0 atom stereocenters. The molecule has 0 bridgehead atoms. The largest absolute Gasteiger partial charge is 0.549 e. The molecule has 0 saturated carbocycles. The van der Waals surface area contributed by atoms with Crippen LogP contribution in [0.15, 0.2) is 23.3 Å². The van der Waals surface area contributed by atoms with Crippen LogP contribution in [-0.4, -0.2) is 42.4 Å². The van der Waals surface area contributed by atoms with E-state index in [2.05, 4.69) is 15.8 Å². The number of ether oxygens (including phenoxy) is 1. The second kappa shape index (κ2) is 10.4. The van der Waals surface area contributed by atoms with E-state index in [1.54, 1.807) is 39.0 Å². The number of rotatable bonds is 8. The third kappa shape index (κ3) is 7.14. The van der Waals surface area contributed by atoms with E-state index in [4.69, 9.17) is 4.74 Å². The average molecular weight is 380 g/mol. The van der Waals surface area contributed by atoms with Gasteiger partial charge in [0, 0.05) is 23.1 Å². The van der Waals surface area contributed by atoms with Gasteiger partial charge in [-0.05, 0) is 44.5 Å². The lowest BCUT2D eigenvalue weighted by atomic mass is 10.1. The molecule has 0 aliphatic heterocycles. The van der Waals surface area contributed by atoms with E-state index in [0.717, 1.165) is 5.56 Å². The number of nitrogens with one attached hydrogen (secondary N) is 2. The molecular weight excluding hydrogens is 358 g/mol. The Balaban J connectivity index is 2.84. The van der Waals surface area contributed by atoms with Gasteiger partial charge in [0.2, 0.25) is 0 Å². The van der Waals surface area contributed by atoms with Crippen molar-refractivity contribution in [2.75, 3.05) is 12.9 Å². The number of carboxylic acids is 1. The molecule has 0 aliphatic carbocycles. The van der Waals surface area contributed by atoms with Gasteiger partial charge in [-0.25, -0.2) is 5.43 Å². The number of amides is 2. The minimum atomic E-state index is -1.13. The molecule has 0 aliphatic rings. The van der Waals surface area contributed by atoms with E-state index in [0.29, 0.717) is 22.8 Å². The minimum Gasteiger partial charge on any atom is -0.549 e. The second-order valence-corrected chi connectivity index (χ2v) is 6.64. The maximum atomic E-state index is 11.7. The highest BCUT2D eigenvalue weighted by molar-refractivity contribution is 7.99. The van der Waals surface area contributed by atoms with Crippen LogP contribution in [0, 0.1) is 0 Å². The van der Waals surface area contributed by atoms with Gasteiger partial charge in [0.1, 0.15) is 5.75 Å². The minimum absolute atomic E-state index is 0.124. The molecule has 9 heteroatoms. The molecule has 0 unspecified atom stereocenters. The maximum Gasteiger partial charge on any atom is 0.329 e. The van der Waals surface area contributed by atoms with Gasteiger partial charge in [0.05, 0.1) is 18.8 Å². The van der Waals surface area contributed by atoms with Gasteiger partial charge in [0.25, 0.3) is 0 Å². The van der Waals surface area contributed by atoms with Gasteiger partial charge in [-0.2, -0.15) is 16.9 Å². The topological polar surface area (TPSA) is 120 Å². The monoisotopic (exact) mass is 380 g/mol. The summed E-state index contributed by atoms with van der Waals surface area (Å²) in [5.74, 6) is -1.83. The normalized spacial score (nSPS) is 11.2. The zero-order valence-electron chi connectivity index (χ0n) is 15.1. The summed E-state index contributed by atoms with van der Waals surface area (Å²) in [6.45, 7) is 5.18. The maximum absolute atomic E-state index is 11.7. The number of benzene rings is 1. The van der Waals surface area contributed by atoms with Crippen molar-refractivity contribution in [3.05, 3.63) is 29.3 Å². The predicted octanol–water partition coefficient (Wildman–Crippen LogP) is 0.0431. The fourth-order valence-electron chi connectivity index (χ4n) is 1.94. The number of nitrogens with zero attached hydrogens (tertiary/aromatic N) is 1. The van der Waals surface area contributed by atoms with Crippen molar-refractivity contribution in [1.29, 1.82) is 0 Å². The van der Waals surface area contributed by atoms with E-state index in [1.807, 2.05) is 0 Å². The van der Waals surface area contributed by atoms with Crippen LogP contribution in [0.25, 0.3) is 0 Å². The van der Waals surface area contributed by atoms with E-state index in [9.17, 15) is 19.5 Å². The number of carbonyl (C=O) groups excluding carboxylic acids is 3. The first-order valence-electron chi connectivity index (χ1n) is 7.84. The van der Waals surface area contributed by atoms with Crippen molar-refractivity contribution in [2.45, 2.75) is 32.6 Å². The summed E-state index contributed by atoms with van der Waals surface area (Å²) < 4.78 is 5.27. The highest BCUT2D eigenvalue weighted by Crippen LogP contribution is 2.24. The Labute approximate surface area is 156 Å². The number of carboxylic acid groups (broad SMARTS) is 1. The van der Waals surface area contributed by atoms with E-state index in [1.165, 1.54) is 18.9 Å². The molecule has 26 heavy (non-hydrogen) atoms. The van der Waals surface area contributed by atoms with E-state index >= 15 is 0 Å². The Hall–Kier alpha value is -2.55. The Bertz CT molecular complexity index is 704. The summed E-state index contributed by atoms with van der Waals surface area (Å²) in [6.07, 6.45) is 0. The van der Waals surface area contributed by atoms with Crippen LogP contribution in [0.5, 0.6) is 5.75 Å². The fraction of sp³-hybridized carbons (Fsp3) is 0.412. The predicted molar refractivity (Wildman–Crippen MR) is 97.8 cm³/mol. The van der Waals surface area contributed by atoms with Crippen LogP contribution in [0.4, 0.5) is 0 Å². The van der Waals surface area contributed by atoms with Crippen LogP contribution < -0.4 is 20.6 Å². The molecule has 1 rings (SSSR count). The molecule has 0 spiro atoms. The quantitative estimate of drug-likeness (QED) is 0.373. The van der Waals surface area contributed by atoms with Crippen LogP contribution in [0.1, 0.15) is 31.9 Å². The fourth-order valence-corrected chi connectivity index (χ4v) is 2.65. The van der Waals surface area contributed by atoms with Crippen molar-refractivity contribution < 1.29 is 24.2 Å². The van der Waals surface area contributed by atoms with Crippen molar-refractivity contribution in [3.8, 4) is 5.75 Å². The third-order valence-corrected chi connectivity index (χ3v) is 4.08. The number of methoxy groups -OCH3 is 1. The van der Waals surface area contributed by atoms with Gasteiger partial charge in [-0.1, -0.05) is 0 Å². The van der Waals surface area contributed by atoms with Crippen LogP contribution in [0.3, 0.4) is 0 Å². The highest BCUT2D eigenvalue weighted by Gasteiger charge is 2.14. The molecule has 0 aromatic heterocycles. The summed E-state index contributed by atoms with van der Waals surface area (Å²) in [6, 6.07) is 5.13. The summed E-state index contributed by atoms with van der Waals surface area (Å²) in [7, 11) is 1.52. The Morgan fingerprint density at radius 2 is 1.96 bits per heavy atom. The lowest BCUT2D eigenvalue weighted by molar-refractivity contribution is -0.301. The number of hydrogen-bond acceptors (Lipinski definition) is 7. The molecular formula is C17H22N3O5S-. The SMILES string of the molecule is COc1ccc(/C(C)=N\NC(=O)C(=O)NC(C)C)cc1CSCC(=O)[O-]. The second-order valence-electron chi connectivity index (χ2n) is 5.66. The first kappa shape index (κ1) is 21.5. The molecule has 1 aromatic carbocycles. The Morgan fingerprint density at radius 1 is 1.27 bits per heavy atom. The first-order valence-corrected chi connectivity index (χ1v) is 9.00. The molecule has 0 saturated heterocycles. The number of hydrogen-bond donors (Lipinski definition) is 2. The molecule has 0 fully saturated rings. The van der Waals surface area contributed by atoms with Crippen LogP contribution in [0.2, 0.25) is 0 Å². The lowest BCUT2D eigenvalue weighted by Gasteiger charge is -2.11. The third-order valence-electron chi connectivity index (χ3n) is 3.13. The molecule has 0 heterocycles. The number of aliphatic carboxylic acids is 1. The van der Waals surface area contributed by atoms with Crippen LogP contribution in [-0.2, 0) is 20.1 Å². The number of hydrazone groups is 1. The standard InChI is InChI=1S/C17H23N3O5S/c1-10(2)18-16(23)17(24)20-19-11(3)12-5-6-14(25-4)13(7-12)8-26-9-15(21)22/h5-7,10H,8-9H2,1-4H3,(H,18,23)(H,20,24)(H,21,22)/p-1/b19-11-. The van der Waals surface area contributed by atoms with Gasteiger partial charge < -0.3 is 20.0 Å². The van der Waals surface area contributed by atoms with Crippen LogP contribution >= 0.6 is 11.8 Å². The lowest BCUT2D eigenvalue weighted by Crippen LogP contribution is -2.41. The van der Waals surface area contributed by atoms with Crippen molar-refractivity contribution in [1.82, 2.24) is 10.7 Å². The molecule has 142 valence electrons. The molecule has 2 amide bonds. The number of thioether (sulfide) groups is 1. The van der Waals surface area contributed by atoms with Crippen molar-refractivity contribution in [2.24, 2.45) is 5.10 Å². The van der Waals surface area contributed by atoms with Gasteiger partial charge in [-0.15, -0.1) is 0 Å².